The van der Waals surface area contributed by atoms with Gasteiger partial charge in [-0.2, -0.15) is 0 Å². The number of rotatable bonds is 8. The quantitative estimate of drug-likeness (QED) is 0.634. The van der Waals surface area contributed by atoms with Crippen LogP contribution < -0.4 is 10.1 Å². The minimum Gasteiger partial charge on any atom is -0.483 e. The van der Waals surface area contributed by atoms with Crippen LogP contribution in [0.4, 0.5) is 0 Å². The van der Waals surface area contributed by atoms with Crippen molar-refractivity contribution in [1.82, 2.24) is 10.3 Å². The zero-order chi connectivity index (χ0) is 19.9. The van der Waals surface area contributed by atoms with Crippen LogP contribution in [0.2, 0.25) is 0 Å². The highest BCUT2D eigenvalue weighted by molar-refractivity contribution is 5.78. The number of nitrogens with zero attached hydrogens (tertiary/aromatic N) is 1. The van der Waals surface area contributed by atoms with Crippen molar-refractivity contribution in [3.63, 3.8) is 0 Å². The molecule has 1 aromatic heterocycles. The van der Waals surface area contributed by atoms with Gasteiger partial charge in [-0.05, 0) is 30.5 Å². The molecule has 1 unspecified atom stereocenters. The van der Waals surface area contributed by atoms with E-state index >= 15 is 0 Å². The number of benzene rings is 2. The normalized spacial score (nSPS) is 15.9. The smallest absolute Gasteiger partial charge is 0.258 e. The third-order valence-electron chi connectivity index (χ3n) is 4.90. The fourth-order valence-corrected chi connectivity index (χ4v) is 3.41. The number of amides is 1. The van der Waals surface area contributed by atoms with Crippen LogP contribution in [0.5, 0.6) is 5.75 Å². The topological polar surface area (TPSA) is 73.6 Å². The van der Waals surface area contributed by atoms with Gasteiger partial charge in [0.15, 0.2) is 18.8 Å². The monoisotopic (exact) mass is 392 g/mol. The van der Waals surface area contributed by atoms with Crippen LogP contribution in [-0.4, -0.2) is 36.8 Å². The first-order valence-corrected chi connectivity index (χ1v) is 9.86. The van der Waals surface area contributed by atoms with Gasteiger partial charge in [-0.25, -0.2) is 4.98 Å². The first-order chi connectivity index (χ1) is 14.3. The van der Waals surface area contributed by atoms with Crippen molar-refractivity contribution in [2.75, 3.05) is 19.8 Å². The van der Waals surface area contributed by atoms with E-state index in [2.05, 4.69) is 22.4 Å². The molecule has 0 aliphatic carbocycles. The molecular weight excluding hydrogens is 368 g/mol. The highest BCUT2D eigenvalue weighted by Gasteiger charge is 2.18. The Hall–Kier alpha value is -3.12. The molecule has 6 heteroatoms. The standard InChI is InChI=1S/C23H24N2O4/c26-22(24-14-18-9-6-12-27-18)15-28-21-11-5-4-10-19(21)23-20(25-16-29-23)13-17-7-2-1-3-8-17/h1-5,7-8,10-11,16,18H,6,9,12-15H2,(H,24,26). The Balaban J connectivity index is 1.42. The van der Waals surface area contributed by atoms with E-state index < -0.39 is 0 Å². The molecule has 1 saturated heterocycles. The second-order valence-corrected chi connectivity index (χ2v) is 7.01. The first kappa shape index (κ1) is 19.2. The molecule has 150 valence electrons. The molecule has 1 fully saturated rings. The molecule has 1 aliphatic rings. The second kappa shape index (κ2) is 9.39. The number of hydrogen-bond acceptors (Lipinski definition) is 5. The zero-order valence-corrected chi connectivity index (χ0v) is 16.2. The molecule has 0 bridgehead atoms. The molecule has 6 nitrogen and oxygen atoms in total. The van der Waals surface area contributed by atoms with Crippen molar-refractivity contribution in [3.05, 3.63) is 72.2 Å². The predicted molar refractivity (Wildman–Crippen MR) is 109 cm³/mol. The lowest BCUT2D eigenvalue weighted by Crippen LogP contribution is -2.35. The van der Waals surface area contributed by atoms with Crippen LogP contribution in [0.3, 0.4) is 0 Å². The summed E-state index contributed by atoms with van der Waals surface area (Å²) in [5.41, 5.74) is 2.76. The summed E-state index contributed by atoms with van der Waals surface area (Å²) in [4.78, 5) is 16.5. The van der Waals surface area contributed by atoms with Crippen LogP contribution >= 0.6 is 0 Å². The van der Waals surface area contributed by atoms with Crippen molar-refractivity contribution in [3.8, 4) is 17.1 Å². The molecule has 1 amide bonds. The van der Waals surface area contributed by atoms with Crippen LogP contribution in [0.25, 0.3) is 11.3 Å². The Labute approximate surface area is 169 Å². The second-order valence-electron chi connectivity index (χ2n) is 7.01. The lowest BCUT2D eigenvalue weighted by molar-refractivity contribution is -0.123. The Kier molecular flexibility index (Phi) is 6.22. The third-order valence-corrected chi connectivity index (χ3v) is 4.90. The number of para-hydroxylation sites is 1. The summed E-state index contributed by atoms with van der Waals surface area (Å²) >= 11 is 0. The molecule has 4 rings (SSSR count). The van der Waals surface area contributed by atoms with Crippen molar-refractivity contribution < 1.29 is 18.7 Å². The van der Waals surface area contributed by atoms with Gasteiger partial charge in [-0.3, -0.25) is 4.79 Å². The fourth-order valence-electron chi connectivity index (χ4n) is 3.41. The van der Waals surface area contributed by atoms with Gasteiger partial charge in [0.2, 0.25) is 0 Å². The third kappa shape index (κ3) is 5.03. The van der Waals surface area contributed by atoms with Gasteiger partial charge in [0.25, 0.3) is 5.91 Å². The molecule has 2 heterocycles. The van der Waals surface area contributed by atoms with Gasteiger partial charge in [0, 0.05) is 19.6 Å². The van der Waals surface area contributed by atoms with E-state index in [-0.39, 0.29) is 18.6 Å². The average Bonchev–Trinajstić information content (AvgIpc) is 3.44. The van der Waals surface area contributed by atoms with E-state index in [1.807, 2.05) is 42.5 Å². The lowest BCUT2D eigenvalue weighted by Gasteiger charge is -2.13. The maximum Gasteiger partial charge on any atom is 0.258 e. The molecule has 29 heavy (non-hydrogen) atoms. The van der Waals surface area contributed by atoms with Crippen LogP contribution in [0.15, 0.2) is 65.4 Å². The fraction of sp³-hybridized carbons (Fsp3) is 0.304. The summed E-state index contributed by atoms with van der Waals surface area (Å²) in [6.07, 6.45) is 4.25. The van der Waals surface area contributed by atoms with Gasteiger partial charge in [-0.1, -0.05) is 42.5 Å². The number of hydrogen-bond donors (Lipinski definition) is 1. The molecule has 0 spiro atoms. The summed E-state index contributed by atoms with van der Waals surface area (Å²) in [5, 5.41) is 2.87. The predicted octanol–water partition coefficient (Wildman–Crippen LogP) is 3.61. The van der Waals surface area contributed by atoms with E-state index in [1.165, 1.54) is 6.39 Å². The molecule has 2 aromatic carbocycles. The van der Waals surface area contributed by atoms with E-state index in [4.69, 9.17) is 13.9 Å². The van der Waals surface area contributed by atoms with Crippen LogP contribution in [-0.2, 0) is 16.0 Å². The number of oxazole rings is 1. The van der Waals surface area contributed by atoms with Crippen LogP contribution in [0.1, 0.15) is 24.1 Å². The minimum atomic E-state index is -0.169. The molecule has 0 saturated carbocycles. The number of nitrogens with one attached hydrogen (secondary N) is 1. The maximum atomic E-state index is 12.2. The zero-order valence-electron chi connectivity index (χ0n) is 16.2. The largest absolute Gasteiger partial charge is 0.483 e. The summed E-state index contributed by atoms with van der Waals surface area (Å²) < 4.78 is 17.0. The van der Waals surface area contributed by atoms with E-state index in [0.29, 0.717) is 24.5 Å². The number of carbonyl (C=O) groups is 1. The molecule has 3 aromatic rings. The number of carbonyl (C=O) groups excluding carboxylic acids is 1. The molecule has 0 radical (unpaired) electrons. The van der Waals surface area contributed by atoms with Crippen LogP contribution in [0, 0.1) is 0 Å². The van der Waals surface area contributed by atoms with Gasteiger partial charge in [-0.15, -0.1) is 0 Å². The van der Waals surface area contributed by atoms with Gasteiger partial charge in [0.1, 0.15) is 5.75 Å². The molecule has 1 aliphatic heterocycles. The van der Waals surface area contributed by atoms with E-state index in [0.717, 1.165) is 36.3 Å². The molecule has 1 N–H and O–H groups in total. The van der Waals surface area contributed by atoms with Crippen molar-refractivity contribution >= 4 is 5.91 Å². The maximum absolute atomic E-state index is 12.2. The van der Waals surface area contributed by atoms with Crippen molar-refractivity contribution in [1.29, 1.82) is 0 Å². The van der Waals surface area contributed by atoms with Gasteiger partial charge >= 0.3 is 0 Å². The summed E-state index contributed by atoms with van der Waals surface area (Å²) in [5.74, 6) is 1.08. The Bertz CT molecular complexity index is 933. The Morgan fingerprint density at radius 2 is 1.97 bits per heavy atom. The number of aromatic nitrogens is 1. The van der Waals surface area contributed by atoms with Gasteiger partial charge < -0.3 is 19.2 Å². The summed E-state index contributed by atoms with van der Waals surface area (Å²) in [6.45, 7) is 1.23. The highest BCUT2D eigenvalue weighted by atomic mass is 16.5. The van der Waals surface area contributed by atoms with Crippen molar-refractivity contribution in [2.24, 2.45) is 0 Å². The van der Waals surface area contributed by atoms with Gasteiger partial charge in [0.05, 0.1) is 17.4 Å². The summed E-state index contributed by atoms with van der Waals surface area (Å²) in [7, 11) is 0. The SMILES string of the molecule is O=C(COc1ccccc1-c1ocnc1Cc1ccccc1)NCC1CCCO1. The average molecular weight is 392 g/mol. The Morgan fingerprint density at radius 3 is 2.79 bits per heavy atom. The molecule has 1 atom stereocenters. The van der Waals surface area contributed by atoms with E-state index in [9.17, 15) is 4.79 Å². The molecular formula is C23H24N2O4. The van der Waals surface area contributed by atoms with Crippen molar-refractivity contribution in [2.45, 2.75) is 25.4 Å². The first-order valence-electron chi connectivity index (χ1n) is 9.86. The summed E-state index contributed by atoms with van der Waals surface area (Å²) in [6, 6.07) is 17.6. The number of ether oxygens (including phenoxy) is 2. The minimum absolute atomic E-state index is 0.0636. The Morgan fingerprint density at radius 1 is 1.14 bits per heavy atom. The lowest BCUT2D eigenvalue weighted by atomic mass is 10.0. The van der Waals surface area contributed by atoms with E-state index in [1.54, 1.807) is 0 Å². The highest BCUT2D eigenvalue weighted by Crippen LogP contribution is 2.33.